The first-order chi connectivity index (χ1) is 8.16. The van der Waals surface area contributed by atoms with Crippen molar-refractivity contribution >= 4 is 5.91 Å². The van der Waals surface area contributed by atoms with Crippen molar-refractivity contribution in [1.29, 1.82) is 0 Å². The van der Waals surface area contributed by atoms with Crippen molar-refractivity contribution in [3.63, 3.8) is 0 Å². The molecule has 0 heterocycles. The minimum Gasteiger partial charge on any atom is -0.389 e. The molecule has 1 rings (SSSR count). The number of carbonyl (C=O) groups excluding carboxylic acids is 1. The molecule has 1 amide bonds. The molecule has 4 heteroatoms. The molecule has 0 aromatic rings. The van der Waals surface area contributed by atoms with E-state index in [9.17, 15) is 9.90 Å². The number of carbonyl (C=O) groups is 1. The molecule has 0 bridgehead atoms. The third-order valence-electron chi connectivity index (χ3n) is 3.27. The SMILES string of the molecule is CCOCCCNC(=O)CC1(O)CCCCC1. The summed E-state index contributed by atoms with van der Waals surface area (Å²) < 4.78 is 5.18. The third-order valence-corrected chi connectivity index (χ3v) is 3.27. The van der Waals surface area contributed by atoms with Gasteiger partial charge in [0.2, 0.25) is 5.91 Å². The maximum absolute atomic E-state index is 11.6. The average molecular weight is 243 g/mol. The number of ether oxygens (including phenoxy) is 1. The number of aliphatic hydroxyl groups is 1. The van der Waals surface area contributed by atoms with E-state index in [-0.39, 0.29) is 12.3 Å². The Morgan fingerprint density at radius 3 is 2.71 bits per heavy atom. The Hall–Kier alpha value is -0.610. The molecule has 1 fully saturated rings. The first-order valence-corrected chi connectivity index (χ1v) is 6.73. The van der Waals surface area contributed by atoms with Crippen LogP contribution in [0.2, 0.25) is 0 Å². The normalized spacial score (nSPS) is 18.9. The first kappa shape index (κ1) is 14.5. The Labute approximate surface area is 104 Å². The zero-order chi connectivity index (χ0) is 12.6. The summed E-state index contributed by atoms with van der Waals surface area (Å²) in [4.78, 5) is 11.6. The minimum absolute atomic E-state index is 0.0362. The van der Waals surface area contributed by atoms with E-state index in [2.05, 4.69) is 5.32 Å². The molecule has 1 aliphatic rings. The maximum Gasteiger partial charge on any atom is 0.222 e. The Morgan fingerprint density at radius 2 is 2.06 bits per heavy atom. The van der Waals surface area contributed by atoms with Gasteiger partial charge in [0.25, 0.3) is 0 Å². The highest BCUT2D eigenvalue weighted by atomic mass is 16.5. The van der Waals surface area contributed by atoms with E-state index in [0.717, 1.165) is 32.1 Å². The molecular formula is C13H25NO3. The fraction of sp³-hybridized carbons (Fsp3) is 0.923. The van der Waals surface area contributed by atoms with E-state index in [4.69, 9.17) is 4.74 Å². The summed E-state index contributed by atoms with van der Waals surface area (Å²) in [5, 5.41) is 13.0. The second-order valence-electron chi connectivity index (χ2n) is 4.86. The van der Waals surface area contributed by atoms with Gasteiger partial charge in [-0.15, -0.1) is 0 Å². The fourth-order valence-electron chi connectivity index (χ4n) is 2.29. The van der Waals surface area contributed by atoms with Gasteiger partial charge in [0.1, 0.15) is 0 Å². The highest BCUT2D eigenvalue weighted by Gasteiger charge is 2.31. The van der Waals surface area contributed by atoms with Gasteiger partial charge >= 0.3 is 0 Å². The molecule has 0 radical (unpaired) electrons. The molecule has 2 N–H and O–H groups in total. The summed E-state index contributed by atoms with van der Waals surface area (Å²) in [7, 11) is 0. The van der Waals surface area contributed by atoms with Crippen LogP contribution in [-0.2, 0) is 9.53 Å². The van der Waals surface area contributed by atoms with Gasteiger partial charge in [-0.3, -0.25) is 4.79 Å². The molecule has 0 atom stereocenters. The zero-order valence-corrected chi connectivity index (χ0v) is 10.8. The van der Waals surface area contributed by atoms with Gasteiger partial charge < -0.3 is 15.2 Å². The van der Waals surface area contributed by atoms with Crippen LogP contribution in [0.15, 0.2) is 0 Å². The van der Waals surface area contributed by atoms with E-state index >= 15 is 0 Å². The zero-order valence-electron chi connectivity index (χ0n) is 10.8. The lowest BCUT2D eigenvalue weighted by molar-refractivity contribution is -0.127. The second-order valence-corrected chi connectivity index (χ2v) is 4.86. The number of rotatable bonds is 7. The van der Waals surface area contributed by atoms with Crippen LogP contribution in [0.5, 0.6) is 0 Å². The molecule has 1 saturated carbocycles. The van der Waals surface area contributed by atoms with E-state index in [1.807, 2.05) is 6.92 Å². The smallest absolute Gasteiger partial charge is 0.222 e. The van der Waals surface area contributed by atoms with E-state index in [1.165, 1.54) is 6.42 Å². The maximum atomic E-state index is 11.6. The lowest BCUT2D eigenvalue weighted by Crippen LogP contribution is -2.38. The van der Waals surface area contributed by atoms with Crippen molar-refractivity contribution in [2.24, 2.45) is 0 Å². The van der Waals surface area contributed by atoms with E-state index < -0.39 is 5.60 Å². The lowest BCUT2D eigenvalue weighted by Gasteiger charge is -2.31. The number of hydrogen-bond donors (Lipinski definition) is 2. The largest absolute Gasteiger partial charge is 0.389 e. The summed E-state index contributed by atoms with van der Waals surface area (Å²) in [6.45, 7) is 3.99. The molecule has 0 spiro atoms. The topological polar surface area (TPSA) is 58.6 Å². The number of hydrogen-bond acceptors (Lipinski definition) is 3. The van der Waals surface area contributed by atoms with E-state index in [1.54, 1.807) is 0 Å². The van der Waals surface area contributed by atoms with Gasteiger partial charge in [-0.2, -0.15) is 0 Å². The summed E-state index contributed by atoms with van der Waals surface area (Å²) >= 11 is 0. The van der Waals surface area contributed by atoms with Crippen LogP contribution in [0.3, 0.4) is 0 Å². The predicted octanol–water partition coefficient (Wildman–Crippen LogP) is 1.61. The number of nitrogens with one attached hydrogen (secondary N) is 1. The van der Waals surface area contributed by atoms with Crippen molar-refractivity contribution in [3.8, 4) is 0 Å². The van der Waals surface area contributed by atoms with Crippen LogP contribution in [0.25, 0.3) is 0 Å². The molecule has 0 saturated heterocycles. The molecule has 0 aromatic heterocycles. The highest BCUT2D eigenvalue weighted by Crippen LogP contribution is 2.30. The lowest BCUT2D eigenvalue weighted by atomic mass is 9.82. The van der Waals surface area contributed by atoms with Gasteiger partial charge in [0.05, 0.1) is 12.0 Å². The van der Waals surface area contributed by atoms with Gasteiger partial charge in [-0.05, 0) is 26.2 Å². The molecular weight excluding hydrogens is 218 g/mol. The van der Waals surface area contributed by atoms with Gasteiger partial charge in [-0.25, -0.2) is 0 Å². The quantitative estimate of drug-likeness (QED) is 0.668. The molecule has 100 valence electrons. The van der Waals surface area contributed by atoms with Crippen molar-refractivity contribution in [2.45, 2.75) is 57.5 Å². The summed E-state index contributed by atoms with van der Waals surface area (Å²) in [6, 6.07) is 0. The predicted molar refractivity (Wildman–Crippen MR) is 66.8 cm³/mol. The van der Waals surface area contributed by atoms with Crippen LogP contribution in [-0.4, -0.2) is 36.4 Å². The Morgan fingerprint density at radius 1 is 1.35 bits per heavy atom. The van der Waals surface area contributed by atoms with Gasteiger partial charge in [0.15, 0.2) is 0 Å². The standard InChI is InChI=1S/C13H25NO3/c1-2-17-10-6-9-14-12(15)11-13(16)7-4-3-5-8-13/h16H,2-11H2,1H3,(H,14,15). The van der Waals surface area contributed by atoms with Crippen molar-refractivity contribution < 1.29 is 14.6 Å². The third kappa shape index (κ3) is 6.03. The first-order valence-electron chi connectivity index (χ1n) is 6.73. The molecule has 0 aliphatic heterocycles. The second kappa shape index (κ2) is 7.67. The van der Waals surface area contributed by atoms with Crippen LogP contribution >= 0.6 is 0 Å². The van der Waals surface area contributed by atoms with Gasteiger partial charge in [-0.1, -0.05) is 19.3 Å². The molecule has 0 aromatic carbocycles. The van der Waals surface area contributed by atoms with Crippen molar-refractivity contribution in [2.75, 3.05) is 19.8 Å². The molecule has 4 nitrogen and oxygen atoms in total. The molecule has 1 aliphatic carbocycles. The summed E-state index contributed by atoms with van der Waals surface area (Å²) in [6.07, 6.45) is 5.86. The average Bonchev–Trinajstić information content (AvgIpc) is 2.29. The summed E-state index contributed by atoms with van der Waals surface area (Å²) in [5.41, 5.74) is -0.748. The highest BCUT2D eigenvalue weighted by molar-refractivity contribution is 5.76. The fourth-order valence-corrected chi connectivity index (χ4v) is 2.29. The Bertz CT molecular complexity index is 225. The summed E-state index contributed by atoms with van der Waals surface area (Å²) in [5.74, 6) is -0.0362. The van der Waals surface area contributed by atoms with Crippen LogP contribution in [0.4, 0.5) is 0 Å². The number of amides is 1. The Kier molecular flexibility index (Phi) is 6.52. The molecule has 0 unspecified atom stereocenters. The Balaban J connectivity index is 2.11. The minimum atomic E-state index is -0.748. The molecule has 17 heavy (non-hydrogen) atoms. The van der Waals surface area contributed by atoms with Crippen LogP contribution in [0, 0.1) is 0 Å². The van der Waals surface area contributed by atoms with Crippen molar-refractivity contribution in [3.05, 3.63) is 0 Å². The van der Waals surface area contributed by atoms with Crippen molar-refractivity contribution in [1.82, 2.24) is 5.32 Å². The van der Waals surface area contributed by atoms with Crippen LogP contribution in [0.1, 0.15) is 51.9 Å². The monoisotopic (exact) mass is 243 g/mol. The van der Waals surface area contributed by atoms with Crippen LogP contribution < -0.4 is 5.32 Å². The van der Waals surface area contributed by atoms with Gasteiger partial charge in [0, 0.05) is 19.8 Å². The van der Waals surface area contributed by atoms with E-state index in [0.29, 0.717) is 19.8 Å².